The summed E-state index contributed by atoms with van der Waals surface area (Å²) >= 11 is 0. The third kappa shape index (κ3) is 6.08. The largest absolute Gasteiger partial charge is 0.461 e. The molecular weight excluding hydrogens is 472 g/mol. The Hall–Kier alpha value is -2.47. The van der Waals surface area contributed by atoms with Crippen LogP contribution in [0.2, 0.25) is 0 Å². The summed E-state index contributed by atoms with van der Waals surface area (Å²) in [6.45, 7) is 4.36. The van der Waals surface area contributed by atoms with Crippen molar-refractivity contribution in [2.75, 3.05) is 11.5 Å². The van der Waals surface area contributed by atoms with E-state index in [1.165, 1.54) is 11.1 Å². The fourth-order valence-corrected chi connectivity index (χ4v) is 6.80. The Morgan fingerprint density at radius 1 is 0.694 bits per heavy atom. The molecule has 2 fully saturated rings. The Balaban J connectivity index is 1.20. The minimum atomic E-state index is -0.845. The highest BCUT2D eigenvalue weighted by atomic mass is 32.2. The van der Waals surface area contributed by atoms with Crippen molar-refractivity contribution in [3.63, 3.8) is 0 Å². The zero-order valence-corrected chi connectivity index (χ0v) is 22.3. The summed E-state index contributed by atoms with van der Waals surface area (Å²) in [6, 6.07) is 20.6. The molecule has 4 rings (SSSR count). The Morgan fingerprint density at radius 2 is 1.06 bits per heavy atom. The van der Waals surface area contributed by atoms with Gasteiger partial charge in [-0.3, -0.25) is 13.8 Å². The van der Waals surface area contributed by atoms with E-state index in [0.717, 1.165) is 38.5 Å². The van der Waals surface area contributed by atoms with Crippen LogP contribution < -0.4 is 0 Å². The number of hydrogen-bond acceptors (Lipinski definition) is 5. The summed E-state index contributed by atoms with van der Waals surface area (Å²) < 4.78 is 23.6. The maximum absolute atomic E-state index is 12.7. The molecular formula is C30H38O5S. The first-order valence-corrected chi connectivity index (χ1v) is 14.6. The SMILES string of the molecule is CC(CCCCS(=O)CCCCC(C)(c1ccccc1)C1CC(=O)O1)(c1ccccc1)C1CC(=O)O1. The number of carbonyl (C=O) groups is 2. The summed E-state index contributed by atoms with van der Waals surface area (Å²) in [5.41, 5.74) is 1.98. The van der Waals surface area contributed by atoms with Gasteiger partial charge in [-0.2, -0.15) is 0 Å². The first-order valence-electron chi connectivity index (χ1n) is 13.2. The molecule has 36 heavy (non-hydrogen) atoms. The second-order valence-electron chi connectivity index (χ2n) is 10.7. The van der Waals surface area contributed by atoms with Crippen LogP contribution in [-0.4, -0.2) is 39.9 Å². The lowest BCUT2D eigenvalue weighted by Gasteiger charge is -2.42. The van der Waals surface area contributed by atoms with Gasteiger partial charge < -0.3 is 9.47 Å². The molecule has 0 amide bonds. The Morgan fingerprint density at radius 3 is 1.39 bits per heavy atom. The molecule has 2 saturated heterocycles. The van der Waals surface area contributed by atoms with Crippen molar-refractivity contribution in [3.05, 3.63) is 71.8 Å². The molecule has 5 nitrogen and oxygen atoms in total. The summed E-state index contributed by atoms with van der Waals surface area (Å²) in [4.78, 5) is 22.9. The van der Waals surface area contributed by atoms with E-state index >= 15 is 0 Å². The highest BCUT2D eigenvalue weighted by Crippen LogP contribution is 2.41. The first-order chi connectivity index (χ1) is 17.3. The Bertz CT molecular complexity index is 956. The molecule has 4 atom stereocenters. The second-order valence-corrected chi connectivity index (χ2v) is 12.4. The molecule has 0 spiro atoms. The molecule has 4 unspecified atom stereocenters. The molecule has 0 saturated carbocycles. The number of carbonyl (C=O) groups excluding carboxylic acids is 2. The number of cyclic esters (lactones) is 2. The number of rotatable bonds is 14. The zero-order valence-electron chi connectivity index (χ0n) is 21.4. The molecule has 2 heterocycles. The average Bonchev–Trinajstić information content (AvgIpc) is 2.86. The van der Waals surface area contributed by atoms with E-state index in [-0.39, 0.29) is 35.0 Å². The lowest BCUT2D eigenvalue weighted by atomic mass is 9.71. The molecule has 2 aromatic carbocycles. The molecule has 2 aromatic rings. The second kappa shape index (κ2) is 11.7. The van der Waals surface area contributed by atoms with E-state index in [9.17, 15) is 13.8 Å². The molecule has 0 radical (unpaired) electrons. The van der Waals surface area contributed by atoms with Gasteiger partial charge in [-0.05, 0) is 36.8 Å². The number of esters is 2. The predicted octanol–water partition coefficient (Wildman–Crippen LogP) is 5.62. The third-order valence-corrected chi connectivity index (χ3v) is 9.66. The predicted molar refractivity (Wildman–Crippen MR) is 142 cm³/mol. The number of benzene rings is 2. The van der Waals surface area contributed by atoms with Crippen LogP contribution in [0.25, 0.3) is 0 Å². The Kier molecular flexibility index (Phi) is 8.66. The van der Waals surface area contributed by atoms with Crippen LogP contribution in [0.15, 0.2) is 60.7 Å². The quantitative estimate of drug-likeness (QED) is 0.244. The van der Waals surface area contributed by atoms with Crippen LogP contribution in [0, 0.1) is 0 Å². The van der Waals surface area contributed by atoms with Gasteiger partial charge in [0.05, 0.1) is 12.8 Å². The molecule has 0 aromatic heterocycles. The molecule has 0 bridgehead atoms. The van der Waals surface area contributed by atoms with Gasteiger partial charge in [0.25, 0.3) is 0 Å². The molecule has 6 heteroatoms. The van der Waals surface area contributed by atoms with Crippen molar-refractivity contribution < 1.29 is 23.3 Å². The van der Waals surface area contributed by atoms with Crippen LogP contribution in [-0.2, 0) is 40.7 Å². The maximum Gasteiger partial charge on any atom is 0.309 e. The van der Waals surface area contributed by atoms with E-state index < -0.39 is 10.8 Å². The van der Waals surface area contributed by atoms with E-state index in [1.807, 2.05) is 36.4 Å². The molecule has 2 aliphatic heterocycles. The van der Waals surface area contributed by atoms with Gasteiger partial charge in [-0.1, -0.05) is 87.4 Å². The summed E-state index contributed by atoms with van der Waals surface area (Å²) in [6.07, 6.45) is 6.29. The standard InChI is InChI=1S/C30H38O5S/c1-29(25-21-27(31)34-25,23-13-5-3-6-14-23)17-9-11-19-36(33)20-12-10-18-30(2,26-22-28(32)35-26)24-15-7-4-8-16-24/h3-8,13-16,25-26H,9-12,17-22H2,1-2H3. The van der Waals surface area contributed by atoms with E-state index in [0.29, 0.717) is 24.3 Å². The van der Waals surface area contributed by atoms with Crippen molar-refractivity contribution in [2.24, 2.45) is 0 Å². The summed E-state index contributed by atoms with van der Waals surface area (Å²) in [5, 5.41) is 0. The first kappa shape index (κ1) is 26.6. The molecule has 194 valence electrons. The number of ether oxygens (including phenoxy) is 2. The third-order valence-electron chi connectivity index (χ3n) is 8.18. The van der Waals surface area contributed by atoms with Gasteiger partial charge in [0.15, 0.2) is 0 Å². The fourth-order valence-electron chi connectivity index (χ4n) is 5.54. The molecule has 0 N–H and O–H groups in total. The van der Waals surface area contributed by atoms with Gasteiger partial charge in [0.1, 0.15) is 12.2 Å². The van der Waals surface area contributed by atoms with E-state index in [1.54, 1.807) is 0 Å². The lowest BCUT2D eigenvalue weighted by Crippen LogP contribution is -2.48. The van der Waals surface area contributed by atoms with Gasteiger partial charge >= 0.3 is 11.9 Å². The minimum Gasteiger partial charge on any atom is -0.461 e. The van der Waals surface area contributed by atoms with Crippen molar-refractivity contribution >= 4 is 22.7 Å². The lowest BCUT2D eigenvalue weighted by molar-refractivity contribution is -0.178. The van der Waals surface area contributed by atoms with Crippen LogP contribution in [0.5, 0.6) is 0 Å². The van der Waals surface area contributed by atoms with E-state index in [2.05, 4.69) is 38.1 Å². The normalized spacial score (nSPS) is 23.3. The maximum atomic E-state index is 12.7. The highest BCUT2D eigenvalue weighted by molar-refractivity contribution is 7.84. The van der Waals surface area contributed by atoms with Crippen LogP contribution in [0.3, 0.4) is 0 Å². The van der Waals surface area contributed by atoms with Crippen LogP contribution in [0.4, 0.5) is 0 Å². The van der Waals surface area contributed by atoms with Crippen molar-refractivity contribution in [1.82, 2.24) is 0 Å². The average molecular weight is 511 g/mol. The van der Waals surface area contributed by atoms with Gasteiger partial charge in [0, 0.05) is 33.1 Å². The zero-order chi connectivity index (χ0) is 25.6. The monoisotopic (exact) mass is 510 g/mol. The van der Waals surface area contributed by atoms with Crippen molar-refractivity contribution in [1.29, 1.82) is 0 Å². The topological polar surface area (TPSA) is 69.7 Å². The number of hydrogen-bond donors (Lipinski definition) is 0. The number of unbranched alkanes of at least 4 members (excludes halogenated alkanes) is 2. The Labute approximate surface area is 217 Å². The van der Waals surface area contributed by atoms with Gasteiger partial charge in [0.2, 0.25) is 0 Å². The van der Waals surface area contributed by atoms with Crippen LogP contribution >= 0.6 is 0 Å². The summed E-state index contributed by atoms with van der Waals surface area (Å²) in [5.74, 6) is 1.15. The van der Waals surface area contributed by atoms with Crippen molar-refractivity contribution in [2.45, 2.75) is 88.3 Å². The van der Waals surface area contributed by atoms with Gasteiger partial charge in [-0.15, -0.1) is 0 Å². The molecule has 2 aliphatic rings. The van der Waals surface area contributed by atoms with Crippen LogP contribution in [0.1, 0.15) is 76.3 Å². The summed E-state index contributed by atoms with van der Waals surface area (Å²) in [7, 11) is -0.845. The highest BCUT2D eigenvalue weighted by Gasteiger charge is 2.46. The van der Waals surface area contributed by atoms with Gasteiger partial charge in [-0.25, -0.2) is 0 Å². The molecule has 0 aliphatic carbocycles. The van der Waals surface area contributed by atoms with Crippen molar-refractivity contribution in [3.8, 4) is 0 Å². The fraction of sp³-hybridized carbons (Fsp3) is 0.533. The smallest absolute Gasteiger partial charge is 0.309 e. The van der Waals surface area contributed by atoms with E-state index in [4.69, 9.17) is 9.47 Å². The minimum absolute atomic E-state index is 0.0771.